The fraction of sp³-hybridized carbons (Fsp3) is 0.333. The third-order valence-electron chi connectivity index (χ3n) is 2.73. The van der Waals surface area contributed by atoms with Gasteiger partial charge in [-0.1, -0.05) is 23.4 Å². The van der Waals surface area contributed by atoms with Crippen LogP contribution in [0.5, 0.6) is 0 Å². The Morgan fingerprint density at radius 1 is 1.43 bits per heavy atom. The van der Waals surface area contributed by atoms with E-state index in [4.69, 9.17) is 22.4 Å². The molecule has 4 N–H and O–H groups in total. The Bertz CT molecular complexity index is 615. The molecule has 0 saturated heterocycles. The fourth-order valence-electron chi connectivity index (χ4n) is 1.39. The van der Waals surface area contributed by atoms with E-state index < -0.39 is 17.4 Å². The largest absolute Gasteiger partial charge is 0.395 e. The van der Waals surface area contributed by atoms with Gasteiger partial charge in [-0.15, -0.1) is 0 Å². The molecule has 0 radical (unpaired) electrons. The van der Waals surface area contributed by atoms with Gasteiger partial charge in [-0.2, -0.15) is 0 Å². The molecule has 0 bridgehead atoms. The lowest BCUT2D eigenvalue weighted by Gasteiger charge is -2.22. The van der Waals surface area contributed by atoms with Gasteiger partial charge in [0.25, 0.3) is 5.91 Å². The molecule has 1 aromatic rings. The zero-order valence-electron chi connectivity index (χ0n) is 11.9. The number of primary amides is 1. The number of hydrogen-bond acceptors (Lipinski definition) is 3. The van der Waals surface area contributed by atoms with Gasteiger partial charge in [0.1, 0.15) is 5.54 Å². The highest BCUT2D eigenvalue weighted by molar-refractivity contribution is 6.32. The Labute approximate surface area is 128 Å². The van der Waals surface area contributed by atoms with E-state index in [0.29, 0.717) is 22.6 Å². The summed E-state index contributed by atoms with van der Waals surface area (Å²) in [4.78, 5) is 23.2. The molecule has 0 fully saturated rings. The summed E-state index contributed by atoms with van der Waals surface area (Å²) in [6.07, 6.45) is 0.353. The summed E-state index contributed by atoms with van der Waals surface area (Å²) in [7, 11) is 0. The maximum absolute atomic E-state index is 12.0. The maximum atomic E-state index is 12.0. The van der Waals surface area contributed by atoms with E-state index in [-0.39, 0.29) is 6.61 Å². The van der Waals surface area contributed by atoms with Crippen molar-refractivity contribution in [3.8, 4) is 11.8 Å². The second-order valence-electron chi connectivity index (χ2n) is 4.91. The molecule has 1 rings (SSSR count). The average molecular weight is 309 g/mol. The molecule has 5 nitrogen and oxygen atoms in total. The number of hydrogen-bond donors (Lipinski definition) is 3. The standard InChI is InChI=1S/C15H17ClN2O3/c1-15(2,14(17)21)18-13(20)11-7-6-10(12(16)9-11)5-3-4-8-19/h6-7,9,19H,4,8H2,1-2H3,(H2,17,21)(H,18,20). The van der Waals surface area contributed by atoms with Crippen molar-refractivity contribution in [3.63, 3.8) is 0 Å². The number of nitrogens with one attached hydrogen (secondary N) is 1. The van der Waals surface area contributed by atoms with E-state index in [1.165, 1.54) is 19.9 Å². The van der Waals surface area contributed by atoms with Crippen LogP contribution in [0, 0.1) is 11.8 Å². The van der Waals surface area contributed by atoms with Crippen LogP contribution in [0.1, 0.15) is 36.2 Å². The molecule has 0 spiro atoms. The van der Waals surface area contributed by atoms with E-state index in [1.807, 2.05) is 0 Å². The van der Waals surface area contributed by atoms with Crippen molar-refractivity contribution in [2.45, 2.75) is 25.8 Å². The van der Waals surface area contributed by atoms with Crippen LogP contribution in [0.3, 0.4) is 0 Å². The second kappa shape index (κ2) is 7.11. The summed E-state index contributed by atoms with van der Waals surface area (Å²) in [5, 5.41) is 11.5. The van der Waals surface area contributed by atoms with Crippen LogP contribution < -0.4 is 11.1 Å². The molecule has 0 saturated carbocycles. The van der Waals surface area contributed by atoms with E-state index in [9.17, 15) is 9.59 Å². The molecule has 0 atom stereocenters. The van der Waals surface area contributed by atoms with Gasteiger partial charge in [0, 0.05) is 17.5 Å². The molecule has 21 heavy (non-hydrogen) atoms. The fourth-order valence-corrected chi connectivity index (χ4v) is 1.62. The van der Waals surface area contributed by atoms with Crippen molar-refractivity contribution in [1.29, 1.82) is 0 Å². The number of rotatable bonds is 4. The SMILES string of the molecule is CC(C)(NC(=O)c1ccc(C#CCCO)c(Cl)c1)C(N)=O. The quantitative estimate of drug-likeness (QED) is 0.726. The first-order valence-corrected chi connectivity index (χ1v) is 6.67. The number of halogens is 1. The Hall–Kier alpha value is -2.03. The second-order valence-corrected chi connectivity index (χ2v) is 5.32. The van der Waals surface area contributed by atoms with E-state index in [1.54, 1.807) is 12.1 Å². The predicted molar refractivity (Wildman–Crippen MR) is 80.8 cm³/mol. The summed E-state index contributed by atoms with van der Waals surface area (Å²) in [5.41, 5.74) is 4.92. The number of nitrogens with two attached hydrogens (primary N) is 1. The molecule has 0 aliphatic heterocycles. The van der Waals surface area contributed by atoms with Gasteiger partial charge in [0.2, 0.25) is 5.91 Å². The zero-order valence-corrected chi connectivity index (χ0v) is 12.6. The lowest BCUT2D eigenvalue weighted by molar-refractivity contribution is -0.122. The summed E-state index contributed by atoms with van der Waals surface area (Å²) >= 11 is 6.05. The molecule has 0 unspecified atom stereocenters. The number of carbonyl (C=O) groups excluding carboxylic acids is 2. The smallest absolute Gasteiger partial charge is 0.252 e. The van der Waals surface area contributed by atoms with Gasteiger partial charge >= 0.3 is 0 Å². The van der Waals surface area contributed by atoms with E-state index >= 15 is 0 Å². The number of aliphatic hydroxyl groups is 1. The van der Waals surface area contributed by atoms with Crippen molar-refractivity contribution >= 4 is 23.4 Å². The first kappa shape index (κ1) is 17.0. The molecule has 0 aromatic heterocycles. The highest BCUT2D eigenvalue weighted by atomic mass is 35.5. The van der Waals surface area contributed by atoms with Crippen molar-refractivity contribution in [3.05, 3.63) is 34.3 Å². The summed E-state index contributed by atoms with van der Waals surface area (Å²) in [5.74, 6) is 4.47. The van der Waals surface area contributed by atoms with Gasteiger partial charge in [-0.05, 0) is 32.0 Å². The third kappa shape index (κ3) is 4.78. The molecule has 2 amide bonds. The molecular formula is C15H17ClN2O3. The van der Waals surface area contributed by atoms with Crippen LogP contribution in [0.15, 0.2) is 18.2 Å². The van der Waals surface area contributed by atoms with Gasteiger partial charge in [-0.3, -0.25) is 9.59 Å². The minimum atomic E-state index is -1.15. The van der Waals surface area contributed by atoms with Crippen LogP contribution in [0.4, 0.5) is 0 Å². The number of carbonyl (C=O) groups is 2. The van der Waals surface area contributed by atoms with Gasteiger partial charge in [-0.25, -0.2) is 0 Å². The van der Waals surface area contributed by atoms with Crippen LogP contribution in [0.25, 0.3) is 0 Å². The number of amides is 2. The Morgan fingerprint density at radius 2 is 2.10 bits per heavy atom. The summed E-state index contributed by atoms with van der Waals surface area (Å²) in [6, 6.07) is 4.64. The molecule has 0 aliphatic carbocycles. The van der Waals surface area contributed by atoms with Crippen molar-refractivity contribution in [2.75, 3.05) is 6.61 Å². The van der Waals surface area contributed by atoms with Crippen molar-refractivity contribution in [2.24, 2.45) is 5.73 Å². The highest BCUT2D eigenvalue weighted by Gasteiger charge is 2.27. The Kier molecular flexibility index (Phi) is 5.77. The summed E-state index contributed by atoms with van der Waals surface area (Å²) < 4.78 is 0. The van der Waals surface area contributed by atoms with Crippen LogP contribution in [-0.4, -0.2) is 29.1 Å². The minimum Gasteiger partial charge on any atom is -0.395 e. The number of aliphatic hydroxyl groups excluding tert-OH is 1. The van der Waals surface area contributed by atoms with Crippen LogP contribution in [0.2, 0.25) is 5.02 Å². The zero-order chi connectivity index (χ0) is 16.0. The monoisotopic (exact) mass is 308 g/mol. The topological polar surface area (TPSA) is 92.4 Å². The third-order valence-corrected chi connectivity index (χ3v) is 3.05. The Balaban J connectivity index is 2.92. The average Bonchev–Trinajstić information content (AvgIpc) is 2.40. The molecular weight excluding hydrogens is 292 g/mol. The predicted octanol–water partition coefficient (Wildman–Crippen LogP) is 1.07. The van der Waals surface area contributed by atoms with E-state index in [2.05, 4.69) is 17.2 Å². The van der Waals surface area contributed by atoms with Gasteiger partial charge in [0.15, 0.2) is 0 Å². The first-order valence-electron chi connectivity index (χ1n) is 6.29. The lowest BCUT2D eigenvalue weighted by Crippen LogP contribution is -2.53. The molecule has 0 heterocycles. The lowest BCUT2D eigenvalue weighted by atomic mass is 10.0. The summed E-state index contributed by atoms with van der Waals surface area (Å²) in [6.45, 7) is 3.01. The maximum Gasteiger partial charge on any atom is 0.252 e. The molecule has 6 heteroatoms. The first-order chi connectivity index (χ1) is 9.77. The highest BCUT2D eigenvalue weighted by Crippen LogP contribution is 2.17. The van der Waals surface area contributed by atoms with Crippen LogP contribution in [-0.2, 0) is 4.79 Å². The van der Waals surface area contributed by atoms with Crippen LogP contribution >= 0.6 is 11.6 Å². The van der Waals surface area contributed by atoms with Crippen molar-refractivity contribution < 1.29 is 14.7 Å². The minimum absolute atomic E-state index is 0.0205. The number of benzene rings is 1. The Morgan fingerprint density at radius 3 is 2.62 bits per heavy atom. The van der Waals surface area contributed by atoms with Crippen molar-refractivity contribution in [1.82, 2.24) is 5.32 Å². The molecule has 0 aliphatic rings. The van der Waals surface area contributed by atoms with E-state index in [0.717, 1.165) is 0 Å². The molecule has 112 valence electrons. The normalized spacial score (nSPS) is 10.5. The van der Waals surface area contributed by atoms with Gasteiger partial charge in [0.05, 0.1) is 11.6 Å². The molecule has 1 aromatic carbocycles. The van der Waals surface area contributed by atoms with Gasteiger partial charge < -0.3 is 16.2 Å².